The summed E-state index contributed by atoms with van der Waals surface area (Å²) in [6.07, 6.45) is 0. The molecule has 0 bridgehead atoms. The van der Waals surface area contributed by atoms with Crippen molar-refractivity contribution in [1.82, 2.24) is 10.2 Å². The number of amides is 1. The van der Waals surface area contributed by atoms with Gasteiger partial charge in [0.2, 0.25) is 5.91 Å². The van der Waals surface area contributed by atoms with Crippen LogP contribution in [0.1, 0.15) is 28.7 Å². The molecule has 1 amide bonds. The van der Waals surface area contributed by atoms with Gasteiger partial charge in [0.1, 0.15) is 18.2 Å². The van der Waals surface area contributed by atoms with Crippen LogP contribution < -0.4 is 10.1 Å². The number of nitrogens with zero attached hydrogens (tertiary/aromatic N) is 1. The SMILES string of the molecule is COCC(=O)N[C@@H]1c2ccccc2[C@@H]2CN(Cc3cc(OC)ccc3F)C[C@H]12. The van der Waals surface area contributed by atoms with E-state index in [1.165, 1.54) is 24.3 Å². The molecule has 1 heterocycles. The van der Waals surface area contributed by atoms with Crippen molar-refractivity contribution in [3.8, 4) is 5.75 Å². The number of likely N-dealkylation sites (tertiary alicyclic amines) is 1. The molecule has 0 unspecified atom stereocenters. The number of hydrogen-bond acceptors (Lipinski definition) is 4. The lowest BCUT2D eigenvalue weighted by Crippen LogP contribution is -2.35. The van der Waals surface area contributed by atoms with E-state index in [4.69, 9.17) is 9.47 Å². The number of fused-ring (bicyclic) bond motifs is 3. The maximum Gasteiger partial charge on any atom is 0.246 e. The van der Waals surface area contributed by atoms with Crippen LogP contribution in [0.15, 0.2) is 42.5 Å². The second-order valence-corrected chi connectivity index (χ2v) is 7.53. The lowest BCUT2D eigenvalue weighted by Gasteiger charge is -2.23. The van der Waals surface area contributed by atoms with Gasteiger partial charge in [0.15, 0.2) is 0 Å². The minimum absolute atomic E-state index is 0.0380. The fourth-order valence-electron chi connectivity index (χ4n) is 4.64. The van der Waals surface area contributed by atoms with Crippen molar-refractivity contribution in [2.75, 3.05) is 33.9 Å². The Morgan fingerprint density at radius 3 is 2.71 bits per heavy atom. The number of rotatable bonds is 6. The molecule has 2 aromatic rings. The molecule has 1 saturated heterocycles. The third-order valence-corrected chi connectivity index (χ3v) is 5.84. The zero-order chi connectivity index (χ0) is 19.7. The van der Waals surface area contributed by atoms with E-state index in [0.717, 1.165) is 13.1 Å². The summed E-state index contributed by atoms with van der Waals surface area (Å²) in [5.41, 5.74) is 3.10. The van der Waals surface area contributed by atoms with E-state index in [1.807, 2.05) is 12.1 Å². The number of benzene rings is 2. The van der Waals surface area contributed by atoms with Crippen molar-refractivity contribution in [3.63, 3.8) is 0 Å². The number of hydrogen-bond donors (Lipinski definition) is 1. The van der Waals surface area contributed by atoms with Crippen molar-refractivity contribution in [1.29, 1.82) is 0 Å². The zero-order valence-corrected chi connectivity index (χ0v) is 16.2. The first-order valence-corrected chi connectivity index (χ1v) is 9.52. The number of halogens is 1. The Labute approximate surface area is 164 Å². The summed E-state index contributed by atoms with van der Waals surface area (Å²) in [7, 11) is 3.10. The van der Waals surface area contributed by atoms with E-state index in [0.29, 0.717) is 23.8 Å². The normalized spacial score (nSPS) is 23.3. The maximum absolute atomic E-state index is 14.3. The van der Waals surface area contributed by atoms with Gasteiger partial charge in [-0.25, -0.2) is 4.39 Å². The van der Waals surface area contributed by atoms with Crippen LogP contribution in [0.2, 0.25) is 0 Å². The lowest BCUT2D eigenvalue weighted by atomic mass is 9.94. The monoisotopic (exact) mass is 384 g/mol. The molecule has 5 nitrogen and oxygen atoms in total. The van der Waals surface area contributed by atoms with Gasteiger partial charge in [0.25, 0.3) is 0 Å². The molecule has 0 aromatic heterocycles. The van der Waals surface area contributed by atoms with Crippen molar-refractivity contribution < 1.29 is 18.7 Å². The molecule has 1 aliphatic carbocycles. The Morgan fingerprint density at radius 1 is 1.18 bits per heavy atom. The van der Waals surface area contributed by atoms with Gasteiger partial charge in [-0.2, -0.15) is 0 Å². The van der Waals surface area contributed by atoms with E-state index in [1.54, 1.807) is 19.2 Å². The maximum atomic E-state index is 14.3. The third-order valence-electron chi connectivity index (χ3n) is 5.84. The van der Waals surface area contributed by atoms with Gasteiger partial charge in [-0.3, -0.25) is 9.69 Å². The fraction of sp³-hybridized carbons (Fsp3) is 0.409. The van der Waals surface area contributed by atoms with Crippen LogP contribution in [0.4, 0.5) is 4.39 Å². The molecule has 1 aliphatic heterocycles. The van der Waals surface area contributed by atoms with Crippen LogP contribution >= 0.6 is 0 Å². The number of ether oxygens (including phenoxy) is 2. The summed E-state index contributed by atoms with van der Waals surface area (Å²) in [6, 6.07) is 13.1. The van der Waals surface area contributed by atoms with E-state index in [-0.39, 0.29) is 30.3 Å². The first-order chi connectivity index (χ1) is 13.6. The molecule has 1 fully saturated rings. The van der Waals surface area contributed by atoms with Gasteiger partial charge in [-0.05, 0) is 29.3 Å². The highest BCUT2D eigenvalue weighted by Crippen LogP contribution is 2.49. The summed E-state index contributed by atoms with van der Waals surface area (Å²) in [4.78, 5) is 14.4. The zero-order valence-electron chi connectivity index (χ0n) is 16.2. The smallest absolute Gasteiger partial charge is 0.246 e. The molecule has 2 aliphatic rings. The largest absolute Gasteiger partial charge is 0.497 e. The van der Waals surface area contributed by atoms with Crippen LogP contribution in [-0.4, -0.2) is 44.7 Å². The van der Waals surface area contributed by atoms with E-state index in [2.05, 4.69) is 22.3 Å². The highest BCUT2D eigenvalue weighted by atomic mass is 19.1. The van der Waals surface area contributed by atoms with Crippen LogP contribution in [0, 0.1) is 11.7 Å². The predicted octanol–water partition coefficient (Wildman–Crippen LogP) is 2.87. The minimum atomic E-state index is -0.219. The molecule has 28 heavy (non-hydrogen) atoms. The van der Waals surface area contributed by atoms with Crippen LogP contribution in [-0.2, 0) is 16.1 Å². The van der Waals surface area contributed by atoms with E-state index < -0.39 is 0 Å². The Kier molecular flexibility index (Phi) is 5.33. The van der Waals surface area contributed by atoms with Crippen LogP contribution in [0.25, 0.3) is 0 Å². The van der Waals surface area contributed by atoms with Crippen molar-refractivity contribution in [2.24, 2.45) is 5.92 Å². The molecule has 1 N–H and O–H groups in total. The molecular formula is C22H25FN2O3. The summed E-state index contributed by atoms with van der Waals surface area (Å²) >= 11 is 0. The average molecular weight is 384 g/mol. The molecule has 0 radical (unpaired) electrons. The van der Waals surface area contributed by atoms with Gasteiger partial charge < -0.3 is 14.8 Å². The molecule has 0 saturated carbocycles. The summed E-state index contributed by atoms with van der Waals surface area (Å²) in [6.45, 7) is 2.22. The number of carbonyl (C=O) groups excluding carboxylic acids is 1. The minimum Gasteiger partial charge on any atom is -0.497 e. The van der Waals surface area contributed by atoms with Gasteiger partial charge in [0.05, 0.1) is 13.2 Å². The van der Waals surface area contributed by atoms with E-state index in [9.17, 15) is 9.18 Å². The number of carbonyl (C=O) groups is 1. The Bertz CT molecular complexity index is 873. The third kappa shape index (κ3) is 3.50. The standard InChI is InChI=1S/C22H25FN2O3/c1-27-13-21(26)24-22-17-6-4-3-5-16(17)18-11-25(12-19(18)22)10-14-9-15(28-2)7-8-20(14)23/h3-9,18-19,22H,10-13H2,1-2H3,(H,24,26)/t18-,19-,22+/m0/s1. The molecule has 6 heteroatoms. The Balaban J connectivity index is 1.54. The summed E-state index contributed by atoms with van der Waals surface area (Å²) in [5, 5.41) is 3.14. The predicted molar refractivity (Wildman–Crippen MR) is 104 cm³/mol. The average Bonchev–Trinajstić information content (AvgIpc) is 3.22. The van der Waals surface area contributed by atoms with Crippen LogP contribution in [0.3, 0.4) is 0 Å². The van der Waals surface area contributed by atoms with Crippen molar-refractivity contribution in [2.45, 2.75) is 18.5 Å². The highest BCUT2D eigenvalue weighted by Gasteiger charge is 2.46. The van der Waals surface area contributed by atoms with Gasteiger partial charge in [0, 0.05) is 44.1 Å². The van der Waals surface area contributed by atoms with Gasteiger partial charge in [-0.15, -0.1) is 0 Å². The molecular weight excluding hydrogens is 359 g/mol. The van der Waals surface area contributed by atoms with Crippen LogP contribution in [0.5, 0.6) is 5.75 Å². The molecule has 0 spiro atoms. The fourth-order valence-corrected chi connectivity index (χ4v) is 4.64. The number of methoxy groups -OCH3 is 2. The Morgan fingerprint density at radius 2 is 1.96 bits per heavy atom. The lowest BCUT2D eigenvalue weighted by molar-refractivity contribution is -0.125. The summed E-state index contributed by atoms with van der Waals surface area (Å²) in [5.74, 6) is 0.930. The van der Waals surface area contributed by atoms with E-state index >= 15 is 0 Å². The molecule has 4 rings (SSSR count). The van der Waals surface area contributed by atoms with Gasteiger partial charge >= 0.3 is 0 Å². The molecule has 2 aromatic carbocycles. The van der Waals surface area contributed by atoms with Crippen molar-refractivity contribution in [3.05, 3.63) is 65.0 Å². The quantitative estimate of drug-likeness (QED) is 0.832. The summed E-state index contributed by atoms with van der Waals surface area (Å²) < 4.78 is 24.5. The van der Waals surface area contributed by atoms with Crippen molar-refractivity contribution >= 4 is 5.91 Å². The van der Waals surface area contributed by atoms with Gasteiger partial charge in [-0.1, -0.05) is 24.3 Å². The second-order valence-electron chi connectivity index (χ2n) is 7.53. The molecule has 148 valence electrons. The first kappa shape index (κ1) is 18.9. The topological polar surface area (TPSA) is 50.8 Å². The molecule has 3 atom stereocenters. The highest BCUT2D eigenvalue weighted by molar-refractivity contribution is 5.78. The Hall–Kier alpha value is -2.44. The number of nitrogens with one attached hydrogen (secondary N) is 1. The second kappa shape index (κ2) is 7.89. The first-order valence-electron chi connectivity index (χ1n) is 9.52.